The first-order valence-corrected chi connectivity index (χ1v) is 7.93. The van der Waals surface area contributed by atoms with Crippen molar-refractivity contribution in [1.82, 2.24) is 5.43 Å². The van der Waals surface area contributed by atoms with E-state index in [1.807, 2.05) is 0 Å². The molecule has 3 heteroatoms. The summed E-state index contributed by atoms with van der Waals surface area (Å²) in [5.74, 6) is 5.76. The van der Waals surface area contributed by atoms with Gasteiger partial charge in [0.25, 0.3) is 0 Å². The molecule has 0 bridgehead atoms. The first kappa shape index (κ1) is 14.5. The summed E-state index contributed by atoms with van der Waals surface area (Å²) in [4.78, 5) is 0. The van der Waals surface area contributed by atoms with Crippen molar-refractivity contribution in [1.29, 1.82) is 0 Å². The Bertz CT molecular complexity index is 578. The molecule has 0 spiro atoms. The summed E-state index contributed by atoms with van der Waals surface area (Å²) in [6, 6.07) is 15.3. The minimum atomic E-state index is 0.219. The molecule has 3 N–H and O–H groups in total. The Kier molecular flexibility index (Phi) is 4.86. The molecule has 2 unspecified atom stereocenters. The molecule has 0 radical (unpaired) electrons. The van der Waals surface area contributed by atoms with Crippen LogP contribution in [0.2, 0.25) is 0 Å². The third-order valence-corrected chi connectivity index (χ3v) is 4.42. The lowest BCUT2D eigenvalue weighted by molar-refractivity contribution is 0.101. The van der Waals surface area contributed by atoms with Gasteiger partial charge < -0.3 is 4.74 Å². The second-order valence-electron chi connectivity index (χ2n) is 5.89. The van der Waals surface area contributed by atoms with Gasteiger partial charge in [0, 0.05) is 12.6 Å². The number of fused-ring (bicyclic) bond motifs is 1. The normalized spacial score (nSPS) is 20.0. The van der Waals surface area contributed by atoms with E-state index in [1.165, 1.54) is 29.2 Å². The highest BCUT2D eigenvalue weighted by atomic mass is 16.5. The summed E-state index contributed by atoms with van der Waals surface area (Å²) in [5, 5.41) is 2.55. The van der Waals surface area contributed by atoms with E-state index < -0.39 is 0 Å². The van der Waals surface area contributed by atoms with Gasteiger partial charge in [-0.15, -0.1) is 0 Å². The highest BCUT2D eigenvalue weighted by molar-refractivity contribution is 5.83. The van der Waals surface area contributed by atoms with E-state index in [0.717, 1.165) is 25.9 Å². The highest BCUT2D eigenvalue weighted by Crippen LogP contribution is 2.25. The Hall–Kier alpha value is -1.42. The minimum Gasteiger partial charge on any atom is -0.378 e. The van der Waals surface area contributed by atoms with Gasteiger partial charge in [0.15, 0.2) is 0 Å². The van der Waals surface area contributed by atoms with Crippen LogP contribution in [0.3, 0.4) is 0 Å². The molecule has 0 saturated carbocycles. The van der Waals surface area contributed by atoms with Crippen molar-refractivity contribution < 1.29 is 4.74 Å². The van der Waals surface area contributed by atoms with Crippen LogP contribution in [-0.2, 0) is 4.74 Å². The standard InChI is InChI=1S/C18H24N2O/c19-20-18(9-3-7-17-8-4-12-21-17)16-11-10-14-5-1-2-6-15(14)13-16/h1-2,5-6,10-11,13,17-18,20H,3-4,7-9,12,19H2. The fourth-order valence-electron chi connectivity index (χ4n) is 3.19. The van der Waals surface area contributed by atoms with Gasteiger partial charge in [-0.25, -0.2) is 0 Å². The Morgan fingerprint density at radius 2 is 2.05 bits per heavy atom. The second-order valence-corrected chi connectivity index (χ2v) is 5.89. The van der Waals surface area contributed by atoms with Crippen LogP contribution < -0.4 is 11.3 Å². The van der Waals surface area contributed by atoms with Gasteiger partial charge >= 0.3 is 0 Å². The summed E-state index contributed by atoms with van der Waals surface area (Å²) >= 11 is 0. The van der Waals surface area contributed by atoms with Crippen molar-refractivity contribution in [2.45, 2.75) is 44.2 Å². The lowest BCUT2D eigenvalue weighted by Crippen LogP contribution is -2.28. The van der Waals surface area contributed by atoms with Crippen molar-refractivity contribution in [2.75, 3.05) is 6.61 Å². The zero-order valence-electron chi connectivity index (χ0n) is 12.4. The van der Waals surface area contributed by atoms with Crippen LogP contribution >= 0.6 is 0 Å². The number of ether oxygens (including phenoxy) is 1. The molecule has 1 aliphatic heterocycles. The smallest absolute Gasteiger partial charge is 0.0576 e. The topological polar surface area (TPSA) is 47.3 Å². The summed E-state index contributed by atoms with van der Waals surface area (Å²) in [6.07, 6.45) is 6.25. The fraction of sp³-hybridized carbons (Fsp3) is 0.444. The Labute approximate surface area is 126 Å². The zero-order valence-corrected chi connectivity index (χ0v) is 12.4. The lowest BCUT2D eigenvalue weighted by atomic mass is 9.97. The van der Waals surface area contributed by atoms with Crippen LogP contribution in [0.1, 0.15) is 43.7 Å². The van der Waals surface area contributed by atoms with Gasteiger partial charge in [-0.3, -0.25) is 11.3 Å². The van der Waals surface area contributed by atoms with Crippen LogP contribution in [0.4, 0.5) is 0 Å². The van der Waals surface area contributed by atoms with Gasteiger partial charge in [0.05, 0.1) is 6.10 Å². The van der Waals surface area contributed by atoms with E-state index in [9.17, 15) is 0 Å². The van der Waals surface area contributed by atoms with Gasteiger partial charge in [0.2, 0.25) is 0 Å². The van der Waals surface area contributed by atoms with E-state index in [4.69, 9.17) is 10.6 Å². The van der Waals surface area contributed by atoms with Crippen LogP contribution in [0.5, 0.6) is 0 Å². The minimum absolute atomic E-state index is 0.219. The van der Waals surface area contributed by atoms with Crippen molar-refractivity contribution in [3.63, 3.8) is 0 Å². The lowest BCUT2D eigenvalue weighted by Gasteiger charge is -2.18. The summed E-state index contributed by atoms with van der Waals surface area (Å²) in [7, 11) is 0. The third-order valence-electron chi connectivity index (χ3n) is 4.42. The summed E-state index contributed by atoms with van der Waals surface area (Å²) in [6.45, 7) is 0.938. The predicted molar refractivity (Wildman–Crippen MR) is 86.8 cm³/mol. The molecular weight excluding hydrogens is 260 g/mol. The Balaban J connectivity index is 1.63. The van der Waals surface area contributed by atoms with Crippen molar-refractivity contribution in [3.8, 4) is 0 Å². The van der Waals surface area contributed by atoms with E-state index in [2.05, 4.69) is 47.9 Å². The van der Waals surface area contributed by atoms with Gasteiger partial charge in [-0.2, -0.15) is 0 Å². The SMILES string of the molecule is NNC(CCCC1CCCO1)c1ccc2ccccc2c1. The maximum Gasteiger partial charge on any atom is 0.0576 e. The van der Waals surface area contributed by atoms with E-state index in [0.29, 0.717) is 6.10 Å². The zero-order chi connectivity index (χ0) is 14.5. The number of hydrogen-bond donors (Lipinski definition) is 2. The van der Waals surface area contributed by atoms with Crippen LogP contribution in [0.15, 0.2) is 42.5 Å². The van der Waals surface area contributed by atoms with Gasteiger partial charge in [-0.05, 0) is 54.5 Å². The molecule has 0 amide bonds. The van der Waals surface area contributed by atoms with E-state index in [1.54, 1.807) is 0 Å². The van der Waals surface area contributed by atoms with Crippen LogP contribution in [0.25, 0.3) is 10.8 Å². The molecule has 3 rings (SSSR count). The number of rotatable bonds is 6. The third kappa shape index (κ3) is 3.62. The van der Waals surface area contributed by atoms with E-state index >= 15 is 0 Å². The summed E-state index contributed by atoms with van der Waals surface area (Å²) in [5.41, 5.74) is 4.23. The molecule has 2 aromatic rings. The quantitative estimate of drug-likeness (QED) is 0.628. The van der Waals surface area contributed by atoms with Crippen molar-refractivity contribution >= 4 is 10.8 Å². The molecule has 1 fully saturated rings. The van der Waals surface area contributed by atoms with Crippen molar-refractivity contribution in [2.24, 2.45) is 5.84 Å². The molecule has 2 atom stereocenters. The molecule has 0 aliphatic carbocycles. The maximum atomic E-state index is 5.76. The number of hydrogen-bond acceptors (Lipinski definition) is 3. The van der Waals surface area contributed by atoms with Crippen LogP contribution in [0, 0.1) is 0 Å². The average Bonchev–Trinajstić information content (AvgIpc) is 3.04. The largest absolute Gasteiger partial charge is 0.378 e. The van der Waals surface area contributed by atoms with Gasteiger partial charge in [0.1, 0.15) is 0 Å². The molecule has 1 aliphatic rings. The molecule has 3 nitrogen and oxygen atoms in total. The van der Waals surface area contributed by atoms with Crippen LogP contribution in [-0.4, -0.2) is 12.7 Å². The molecule has 0 aromatic heterocycles. The molecule has 2 aromatic carbocycles. The molecule has 1 heterocycles. The summed E-state index contributed by atoms with van der Waals surface area (Å²) < 4.78 is 5.68. The fourth-order valence-corrected chi connectivity index (χ4v) is 3.19. The molecule has 1 saturated heterocycles. The van der Waals surface area contributed by atoms with Crippen molar-refractivity contribution in [3.05, 3.63) is 48.0 Å². The number of benzene rings is 2. The number of hydrazine groups is 1. The molecule has 21 heavy (non-hydrogen) atoms. The Morgan fingerprint density at radius 1 is 1.19 bits per heavy atom. The highest BCUT2D eigenvalue weighted by Gasteiger charge is 2.16. The number of nitrogens with two attached hydrogens (primary N) is 1. The first-order chi connectivity index (χ1) is 10.4. The second kappa shape index (κ2) is 7.03. The monoisotopic (exact) mass is 284 g/mol. The predicted octanol–water partition coefficient (Wildman–Crippen LogP) is 3.69. The average molecular weight is 284 g/mol. The Morgan fingerprint density at radius 3 is 2.81 bits per heavy atom. The molecule has 112 valence electrons. The molecular formula is C18H24N2O. The number of nitrogens with one attached hydrogen (secondary N) is 1. The maximum absolute atomic E-state index is 5.76. The van der Waals surface area contributed by atoms with Gasteiger partial charge in [-0.1, -0.05) is 36.4 Å². The first-order valence-electron chi connectivity index (χ1n) is 7.93. The van der Waals surface area contributed by atoms with E-state index in [-0.39, 0.29) is 6.04 Å².